The number of hydrogen-bond donors (Lipinski definition) is 0. The highest BCUT2D eigenvalue weighted by Gasteiger charge is 2.35. The van der Waals surface area contributed by atoms with Crippen LogP contribution in [0, 0.1) is 0 Å². The van der Waals surface area contributed by atoms with Gasteiger partial charge >= 0.3 is 0 Å². The fourth-order valence-corrected chi connectivity index (χ4v) is 6.00. The molecule has 0 aliphatic carbocycles. The molecule has 110 valence electrons. The Labute approximate surface area is 129 Å². The van der Waals surface area contributed by atoms with E-state index in [1.165, 1.54) is 29.6 Å². The second-order valence-electron chi connectivity index (χ2n) is 6.48. The molecule has 1 atom stereocenters. The molecule has 0 radical (unpaired) electrons. The fourth-order valence-electron chi connectivity index (χ4n) is 3.04. The predicted octanol–water partition coefficient (Wildman–Crippen LogP) is 4.65. The van der Waals surface area contributed by atoms with E-state index >= 15 is 0 Å². The highest BCUT2D eigenvalue weighted by atomic mass is 28.3. The van der Waals surface area contributed by atoms with Crippen LogP contribution in [0.3, 0.4) is 0 Å². The molecule has 0 aromatic heterocycles. The van der Waals surface area contributed by atoms with Crippen LogP contribution in [0.1, 0.15) is 30.6 Å². The molecule has 3 rings (SSSR count). The Balaban J connectivity index is 1.58. The van der Waals surface area contributed by atoms with Crippen LogP contribution in [0.15, 0.2) is 54.6 Å². The third-order valence-corrected chi connectivity index (χ3v) is 9.52. The van der Waals surface area contributed by atoms with E-state index in [0.29, 0.717) is 6.61 Å². The van der Waals surface area contributed by atoms with E-state index in [1.54, 1.807) is 5.19 Å². The SMILES string of the molecule is CC(OCc1ccc([Si]2(C)CCC2)cc1)c1ccccc1. The van der Waals surface area contributed by atoms with Gasteiger partial charge in [-0.25, -0.2) is 0 Å². The molecule has 1 aliphatic heterocycles. The molecular formula is C19H24OSi. The lowest BCUT2D eigenvalue weighted by molar-refractivity contribution is 0.0526. The van der Waals surface area contributed by atoms with Gasteiger partial charge in [0.2, 0.25) is 0 Å². The first-order valence-electron chi connectivity index (χ1n) is 7.93. The molecule has 1 saturated heterocycles. The van der Waals surface area contributed by atoms with Crippen LogP contribution in [-0.4, -0.2) is 8.07 Å². The largest absolute Gasteiger partial charge is 0.369 e. The van der Waals surface area contributed by atoms with Gasteiger partial charge in [-0.3, -0.25) is 0 Å². The first-order chi connectivity index (χ1) is 10.2. The molecule has 2 aromatic rings. The summed E-state index contributed by atoms with van der Waals surface area (Å²) in [4.78, 5) is 0. The summed E-state index contributed by atoms with van der Waals surface area (Å²) in [5.41, 5.74) is 2.52. The molecule has 1 aliphatic rings. The first-order valence-corrected chi connectivity index (χ1v) is 10.8. The quantitative estimate of drug-likeness (QED) is 0.730. The van der Waals surface area contributed by atoms with Crippen molar-refractivity contribution >= 4 is 13.3 Å². The highest BCUT2D eigenvalue weighted by molar-refractivity contribution is 6.92. The zero-order valence-corrected chi connectivity index (χ0v) is 14.0. The Morgan fingerprint density at radius 1 is 1.00 bits per heavy atom. The monoisotopic (exact) mass is 296 g/mol. The van der Waals surface area contributed by atoms with Crippen molar-refractivity contribution in [3.63, 3.8) is 0 Å². The Hall–Kier alpha value is -1.38. The predicted molar refractivity (Wildman–Crippen MR) is 91.6 cm³/mol. The van der Waals surface area contributed by atoms with Crippen molar-refractivity contribution in [2.75, 3.05) is 0 Å². The van der Waals surface area contributed by atoms with E-state index in [2.05, 4.69) is 62.0 Å². The van der Waals surface area contributed by atoms with E-state index in [9.17, 15) is 0 Å². The van der Waals surface area contributed by atoms with Gasteiger partial charge in [-0.05, 0) is 18.1 Å². The summed E-state index contributed by atoms with van der Waals surface area (Å²) in [6.07, 6.45) is 1.58. The Morgan fingerprint density at radius 2 is 1.67 bits per heavy atom. The van der Waals surface area contributed by atoms with E-state index in [-0.39, 0.29) is 6.10 Å². The van der Waals surface area contributed by atoms with Crippen molar-refractivity contribution in [1.82, 2.24) is 0 Å². The lowest BCUT2D eigenvalue weighted by Gasteiger charge is -2.36. The molecular weight excluding hydrogens is 272 g/mol. The van der Waals surface area contributed by atoms with E-state index in [1.807, 2.05) is 6.07 Å². The Bertz CT molecular complexity index is 572. The van der Waals surface area contributed by atoms with Gasteiger partial charge in [0.25, 0.3) is 0 Å². The smallest absolute Gasteiger partial charge is 0.0836 e. The molecule has 0 spiro atoms. The molecule has 0 bridgehead atoms. The normalized spacial score (nSPS) is 18.0. The van der Waals surface area contributed by atoms with E-state index in [0.717, 1.165) is 0 Å². The molecule has 0 N–H and O–H groups in total. The zero-order chi connectivity index (χ0) is 14.7. The Kier molecular flexibility index (Phi) is 4.27. The van der Waals surface area contributed by atoms with Gasteiger partial charge in [0.15, 0.2) is 0 Å². The molecule has 0 saturated carbocycles. The van der Waals surface area contributed by atoms with E-state index < -0.39 is 8.07 Å². The van der Waals surface area contributed by atoms with Gasteiger partial charge in [0.05, 0.1) is 20.8 Å². The first kappa shape index (κ1) is 14.5. The number of ether oxygens (including phenoxy) is 1. The fraction of sp³-hybridized carbons (Fsp3) is 0.368. The number of hydrogen-bond acceptors (Lipinski definition) is 1. The maximum atomic E-state index is 5.99. The van der Waals surface area contributed by atoms with Crippen molar-refractivity contribution in [2.45, 2.75) is 44.7 Å². The van der Waals surface area contributed by atoms with Crippen LogP contribution in [0.5, 0.6) is 0 Å². The summed E-state index contributed by atoms with van der Waals surface area (Å²) < 4.78 is 5.99. The highest BCUT2D eigenvalue weighted by Crippen LogP contribution is 2.31. The summed E-state index contributed by atoms with van der Waals surface area (Å²) in [6, 6.07) is 22.5. The van der Waals surface area contributed by atoms with Crippen LogP contribution in [0.4, 0.5) is 0 Å². The number of benzene rings is 2. The van der Waals surface area contributed by atoms with Crippen LogP contribution in [0.2, 0.25) is 18.6 Å². The molecule has 1 unspecified atom stereocenters. The molecule has 2 aromatic carbocycles. The van der Waals surface area contributed by atoms with Gasteiger partial charge in [-0.2, -0.15) is 0 Å². The molecule has 1 nitrogen and oxygen atoms in total. The van der Waals surface area contributed by atoms with Crippen LogP contribution in [-0.2, 0) is 11.3 Å². The van der Waals surface area contributed by atoms with E-state index in [4.69, 9.17) is 4.74 Å². The summed E-state index contributed by atoms with van der Waals surface area (Å²) in [7, 11) is -1.03. The standard InChI is InChI=1S/C19H24OSi/c1-16(18-7-4-3-5-8-18)20-15-17-9-11-19(12-10-17)21(2)13-6-14-21/h3-5,7-12,16H,6,13-15H2,1-2H3. The lowest BCUT2D eigenvalue weighted by atomic mass is 10.1. The summed E-state index contributed by atoms with van der Waals surface area (Å²) in [6.45, 7) is 5.32. The molecule has 0 amide bonds. The Morgan fingerprint density at radius 3 is 2.24 bits per heavy atom. The topological polar surface area (TPSA) is 9.23 Å². The van der Waals surface area contributed by atoms with Crippen LogP contribution < -0.4 is 5.19 Å². The third-order valence-electron chi connectivity index (χ3n) is 4.88. The summed E-state index contributed by atoms with van der Waals surface area (Å²) in [5, 5.41) is 1.62. The van der Waals surface area contributed by atoms with Crippen molar-refractivity contribution in [3.05, 3.63) is 65.7 Å². The van der Waals surface area contributed by atoms with Gasteiger partial charge in [0, 0.05) is 0 Å². The zero-order valence-electron chi connectivity index (χ0n) is 13.0. The van der Waals surface area contributed by atoms with Gasteiger partial charge < -0.3 is 4.74 Å². The average Bonchev–Trinajstić information content (AvgIpc) is 2.51. The second-order valence-corrected chi connectivity index (χ2v) is 11.2. The molecule has 2 heteroatoms. The molecule has 1 heterocycles. The minimum absolute atomic E-state index is 0.143. The number of rotatable bonds is 5. The maximum absolute atomic E-state index is 5.99. The van der Waals surface area contributed by atoms with Gasteiger partial charge in [0.1, 0.15) is 0 Å². The maximum Gasteiger partial charge on any atom is 0.0836 e. The minimum Gasteiger partial charge on any atom is -0.369 e. The summed E-state index contributed by atoms with van der Waals surface area (Å²) in [5.74, 6) is 0. The molecule has 1 fully saturated rings. The second kappa shape index (κ2) is 6.16. The van der Waals surface area contributed by atoms with Crippen molar-refractivity contribution < 1.29 is 4.74 Å². The van der Waals surface area contributed by atoms with Crippen LogP contribution >= 0.6 is 0 Å². The van der Waals surface area contributed by atoms with Crippen molar-refractivity contribution in [3.8, 4) is 0 Å². The lowest BCUT2D eigenvalue weighted by Crippen LogP contribution is -2.50. The van der Waals surface area contributed by atoms with Crippen LogP contribution in [0.25, 0.3) is 0 Å². The van der Waals surface area contributed by atoms with Gasteiger partial charge in [-0.1, -0.05) is 84.8 Å². The third kappa shape index (κ3) is 3.28. The summed E-state index contributed by atoms with van der Waals surface area (Å²) >= 11 is 0. The molecule has 21 heavy (non-hydrogen) atoms. The van der Waals surface area contributed by atoms with Crippen molar-refractivity contribution in [2.24, 2.45) is 0 Å². The minimum atomic E-state index is -1.03. The average molecular weight is 296 g/mol. The van der Waals surface area contributed by atoms with Gasteiger partial charge in [-0.15, -0.1) is 0 Å². The van der Waals surface area contributed by atoms with Crippen molar-refractivity contribution in [1.29, 1.82) is 0 Å².